The Morgan fingerprint density at radius 3 is 1.03 bits per heavy atom. The second-order valence-electron chi connectivity index (χ2n) is 27.0. The first-order chi connectivity index (χ1) is 26.2. The molecule has 0 saturated heterocycles. The number of fused-ring (bicyclic) bond motifs is 2. The van der Waals surface area contributed by atoms with Gasteiger partial charge in [0.2, 0.25) is 0 Å². The van der Waals surface area contributed by atoms with Crippen molar-refractivity contribution in [3.63, 3.8) is 0 Å². The van der Waals surface area contributed by atoms with E-state index in [1.165, 1.54) is 66.8 Å². The minimum absolute atomic E-state index is 0.0493. The molecular formula is C57H80Hf. The number of hydrogen-bond donors (Lipinski definition) is 0. The van der Waals surface area contributed by atoms with Gasteiger partial charge in [-0.3, -0.25) is 0 Å². The summed E-state index contributed by atoms with van der Waals surface area (Å²) < 4.78 is 14.6. The SMILES string of the molecule is [CH2]=[Hf]([CH3])([CH3])([CH2]C(C)C)([CH2]C(C)C)([CH]1C=Cc2c(-c3cc(C(C)(C)C)cc(C(C)(C)C)c3)cccc21)[CH]1C=Cc2c(-c3cc(C(C)(C)C)cc(C(C)(C)C)c3)cccc21. The van der Waals surface area contributed by atoms with E-state index in [-0.39, 0.29) is 29.0 Å². The molecule has 0 bridgehead atoms. The van der Waals surface area contributed by atoms with E-state index in [1.807, 2.05) is 0 Å². The molecule has 0 spiro atoms. The predicted molar refractivity (Wildman–Crippen MR) is 260 cm³/mol. The van der Waals surface area contributed by atoms with Crippen LogP contribution in [-0.2, 0) is 36.7 Å². The minimum atomic E-state index is -5.64. The molecule has 0 aliphatic heterocycles. The van der Waals surface area contributed by atoms with Crippen LogP contribution in [0.3, 0.4) is 0 Å². The Hall–Kier alpha value is -2.90. The topological polar surface area (TPSA) is 0 Å². The van der Waals surface area contributed by atoms with E-state index in [0.29, 0.717) is 11.8 Å². The third kappa shape index (κ3) is 7.45. The van der Waals surface area contributed by atoms with Gasteiger partial charge in [0.1, 0.15) is 0 Å². The molecule has 0 fully saturated rings. The Bertz CT molecular complexity index is 2230. The Kier molecular flexibility index (Phi) is 10.0. The fourth-order valence-corrected chi connectivity index (χ4v) is 65.3. The van der Waals surface area contributed by atoms with Crippen LogP contribution in [0.1, 0.15) is 163 Å². The van der Waals surface area contributed by atoms with Gasteiger partial charge in [0.05, 0.1) is 0 Å². The average Bonchev–Trinajstić information content (AvgIpc) is 3.73. The zero-order valence-electron chi connectivity index (χ0n) is 40.2. The number of allylic oxidation sites excluding steroid dienone is 2. The summed E-state index contributed by atoms with van der Waals surface area (Å²) in [6.45, 7) is 38.1. The summed E-state index contributed by atoms with van der Waals surface area (Å²) in [7, 11) is 0. The van der Waals surface area contributed by atoms with Crippen LogP contribution in [0.15, 0.2) is 84.9 Å². The van der Waals surface area contributed by atoms with Crippen LogP contribution >= 0.6 is 0 Å². The molecule has 312 valence electrons. The molecule has 0 radical (unpaired) electrons. The number of benzene rings is 4. The molecule has 0 saturated carbocycles. The first-order valence-electron chi connectivity index (χ1n) is 22.7. The standard InChI is InChI=1S/2C23H27.2C4H9.2CH3.CH2.Hf/c2*1-22(2,3)18-13-17(14-19(15-18)23(4,5)6)21-12-8-10-16-9-7-11-20(16)21;2*1-4(2)3;;;;/h2*7-15H,1-6H3;2*4H,1H2,2-3H3;2*1H3;1H2;. The van der Waals surface area contributed by atoms with Crippen molar-refractivity contribution in [2.24, 2.45) is 11.8 Å². The Balaban J connectivity index is 1.64. The number of rotatable bonds is 8. The first kappa shape index (κ1) is 44.6. The normalized spacial score (nSPS) is 19.2. The van der Waals surface area contributed by atoms with Gasteiger partial charge in [0.15, 0.2) is 0 Å². The summed E-state index contributed by atoms with van der Waals surface area (Å²) >= 11 is -5.64. The molecule has 6 rings (SSSR count). The molecule has 2 atom stereocenters. The zero-order chi connectivity index (χ0) is 43.3. The molecule has 0 heterocycles. The molecule has 1 heteroatoms. The van der Waals surface area contributed by atoms with E-state index in [2.05, 4.69) is 217 Å². The Morgan fingerprint density at radius 2 is 0.776 bits per heavy atom. The molecule has 4 aromatic carbocycles. The van der Waals surface area contributed by atoms with Crippen LogP contribution in [0.25, 0.3) is 34.4 Å². The molecule has 0 aromatic heterocycles. The molecule has 58 heavy (non-hydrogen) atoms. The monoisotopic (exact) mass is 945 g/mol. The maximum absolute atomic E-state index is 6.09. The summed E-state index contributed by atoms with van der Waals surface area (Å²) in [4.78, 5) is 0. The van der Waals surface area contributed by atoms with Crippen molar-refractivity contribution in [1.29, 1.82) is 0 Å². The van der Waals surface area contributed by atoms with Crippen LogP contribution in [0, 0.1) is 11.8 Å². The molecule has 2 unspecified atom stereocenters. The summed E-state index contributed by atoms with van der Waals surface area (Å²) in [5.74, 6) is 0.988. The third-order valence-corrected chi connectivity index (χ3v) is 59.3. The number of hydrogen-bond acceptors (Lipinski definition) is 0. The molecular weight excluding hydrogens is 863 g/mol. The molecule has 0 N–H and O–H groups in total. The van der Waals surface area contributed by atoms with Gasteiger partial charge in [-0.25, -0.2) is 0 Å². The van der Waals surface area contributed by atoms with E-state index >= 15 is 0 Å². The maximum atomic E-state index is 6.09. The summed E-state index contributed by atoms with van der Waals surface area (Å²) in [6.07, 6.45) is 10.4. The fourth-order valence-electron chi connectivity index (χ4n) is 13.4. The van der Waals surface area contributed by atoms with E-state index < -0.39 is 15.1 Å². The summed E-state index contributed by atoms with van der Waals surface area (Å²) in [5.41, 5.74) is 17.0. The van der Waals surface area contributed by atoms with Crippen LogP contribution in [0.2, 0.25) is 17.7 Å². The molecule has 2 aliphatic carbocycles. The van der Waals surface area contributed by atoms with Crippen molar-refractivity contribution in [3.05, 3.63) is 129 Å². The van der Waals surface area contributed by atoms with Gasteiger partial charge in [-0.15, -0.1) is 0 Å². The summed E-state index contributed by atoms with van der Waals surface area (Å²) in [5, 5.41) is 0. The van der Waals surface area contributed by atoms with E-state index in [4.69, 9.17) is 4.26 Å². The van der Waals surface area contributed by atoms with Gasteiger partial charge in [-0.1, -0.05) is 0 Å². The van der Waals surface area contributed by atoms with Gasteiger partial charge in [0.25, 0.3) is 0 Å². The van der Waals surface area contributed by atoms with E-state index in [1.54, 1.807) is 0 Å². The second kappa shape index (κ2) is 13.1. The average molecular weight is 944 g/mol. The molecule has 0 amide bonds. The second-order valence-corrected chi connectivity index (χ2v) is 76.9. The van der Waals surface area contributed by atoms with Gasteiger partial charge in [-0.05, 0) is 0 Å². The van der Waals surface area contributed by atoms with E-state index in [0.717, 1.165) is 8.35 Å². The fraction of sp³-hybridized carbons (Fsp3) is 0.491. The third-order valence-electron chi connectivity index (χ3n) is 15.4. The van der Waals surface area contributed by atoms with Gasteiger partial charge >= 0.3 is 353 Å². The Labute approximate surface area is 350 Å². The molecule has 2 aliphatic rings. The summed E-state index contributed by atoms with van der Waals surface area (Å²) in [6, 6.07) is 29.3. The van der Waals surface area contributed by atoms with Crippen LogP contribution in [0.5, 0.6) is 0 Å². The first-order valence-corrected chi connectivity index (χ1v) is 41.7. The van der Waals surface area contributed by atoms with Crippen molar-refractivity contribution in [2.45, 2.75) is 158 Å². The van der Waals surface area contributed by atoms with Crippen molar-refractivity contribution >= 4 is 16.4 Å². The Morgan fingerprint density at radius 1 is 0.483 bits per heavy atom. The van der Waals surface area contributed by atoms with Gasteiger partial charge < -0.3 is 0 Å². The van der Waals surface area contributed by atoms with Gasteiger partial charge in [-0.2, -0.15) is 0 Å². The van der Waals surface area contributed by atoms with Crippen LogP contribution in [-0.4, -0.2) is 4.26 Å². The zero-order valence-corrected chi connectivity index (χ0v) is 43.8. The quantitative estimate of drug-likeness (QED) is 0.154. The van der Waals surface area contributed by atoms with Gasteiger partial charge in [0, 0.05) is 0 Å². The van der Waals surface area contributed by atoms with E-state index in [9.17, 15) is 0 Å². The molecule has 0 nitrogen and oxygen atoms in total. The van der Waals surface area contributed by atoms with Crippen molar-refractivity contribution in [3.8, 4) is 22.3 Å². The van der Waals surface area contributed by atoms with Crippen LogP contribution < -0.4 is 0 Å². The van der Waals surface area contributed by atoms with Crippen LogP contribution in [0.4, 0.5) is 0 Å². The van der Waals surface area contributed by atoms with Crippen molar-refractivity contribution in [1.82, 2.24) is 0 Å². The van der Waals surface area contributed by atoms with Crippen molar-refractivity contribution < 1.29 is 15.1 Å². The molecule has 4 aromatic rings. The van der Waals surface area contributed by atoms with Crippen molar-refractivity contribution in [2.75, 3.05) is 0 Å². The predicted octanol–water partition coefficient (Wildman–Crippen LogP) is 17.5.